The molecule has 0 aliphatic rings. The zero-order valence-electron chi connectivity index (χ0n) is 8.90. The Kier molecular flexibility index (Phi) is 2.73. The SMILES string of the molecule is Clc1cnn(-c2cncc(-n3cc(Cl)cn3)n2)c1. The lowest BCUT2D eigenvalue weighted by Crippen LogP contribution is -2.04. The van der Waals surface area contributed by atoms with Gasteiger partial charge in [-0.1, -0.05) is 23.2 Å². The fraction of sp³-hybridized carbons (Fsp3) is 0. The number of halogens is 2. The molecule has 18 heavy (non-hydrogen) atoms. The molecule has 3 rings (SSSR count). The Morgan fingerprint density at radius 2 is 1.28 bits per heavy atom. The third-order valence-electron chi connectivity index (χ3n) is 2.18. The van der Waals surface area contributed by atoms with E-state index >= 15 is 0 Å². The Morgan fingerprint density at radius 1 is 0.778 bits per heavy atom. The maximum Gasteiger partial charge on any atom is 0.174 e. The Balaban J connectivity index is 2.04. The highest BCUT2D eigenvalue weighted by atomic mass is 35.5. The second-order valence-electron chi connectivity index (χ2n) is 3.44. The van der Waals surface area contributed by atoms with E-state index in [1.54, 1.807) is 24.8 Å². The van der Waals surface area contributed by atoms with E-state index in [1.165, 1.54) is 21.8 Å². The van der Waals surface area contributed by atoms with Crippen LogP contribution in [-0.4, -0.2) is 29.5 Å². The van der Waals surface area contributed by atoms with E-state index in [1.807, 2.05) is 0 Å². The molecule has 3 aromatic rings. The summed E-state index contributed by atoms with van der Waals surface area (Å²) in [4.78, 5) is 8.45. The molecule has 0 bridgehead atoms. The monoisotopic (exact) mass is 280 g/mol. The van der Waals surface area contributed by atoms with Crippen LogP contribution < -0.4 is 0 Å². The first kappa shape index (κ1) is 11.2. The molecule has 0 atom stereocenters. The Labute approximate surface area is 112 Å². The van der Waals surface area contributed by atoms with Crippen LogP contribution in [0.2, 0.25) is 10.0 Å². The number of hydrogen-bond donors (Lipinski definition) is 0. The van der Waals surface area contributed by atoms with Gasteiger partial charge in [0.05, 0.1) is 47.2 Å². The summed E-state index contributed by atoms with van der Waals surface area (Å²) in [7, 11) is 0. The fourth-order valence-corrected chi connectivity index (χ4v) is 1.69. The molecule has 0 saturated carbocycles. The summed E-state index contributed by atoms with van der Waals surface area (Å²) < 4.78 is 3.06. The number of hydrogen-bond acceptors (Lipinski definition) is 4. The zero-order chi connectivity index (χ0) is 12.5. The van der Waals surface area contributed by atoms with Crippen molar-refractivity contribution in [2.75, 3.05) is 0 Å². The van der Waals surface area contributed by atoms with Crippen molar-refractivity contribution in [1.29, 1.82) is 0 Å². The highest BCUT2D eigenvalue weighted by Gasteiger charge is 2.05. The van der Waals surface area contributed by atoms with Crippen molar-refractivity contribution in [3.8, 4) is 11.6 Å². The van der Waals surface area contributed by atoms with Crippen LogP contribution in [0.3, 0.4) is 0 Å². The summed E-state index contributed by atoms with van der Waals surface area (Å²) in [6.45, 7) is 0. The molecule has 0 amide bonds. The average molecular weight is 281 g/mol. The maximum atomic E-state index is 5.80. The molecule has 0 aromatic carbocycles. The molecule has 0 unspecified atom stereocenters. The minimum atomic E-state index is 0.532. The Morgan fingerprint density at radius 3 is 1.67 bits per heavy atom. The molecule has 0 saturated heterocycles. The van der Waals surface area contributed by atoms with Gasteiger partial charge in [-0.25, -0.2) is 14.3 Å². The maximum absolute atomic E-state index is 5.80. The van der Waals surface area contributed by atoms with Crippen molar-refractivity contribution in [2.45, 2.75) is 0 Å². The smallest absolute Gasteiger partial charge is 0.174 e. The van der Waals surface area contributed by atoms with Crippen LogP contribution in [0.15, 0.2) is 37.2 Å². The van der Waals surface area contributed by atoms with Crippen molar-refractivity contribution in [3.63, 3.8) is 0 Å². The molecular formula is C10H6Cl2N6. The van der Waals surface area contributed by atoms with Gasteiger partial charge in [-0.15, -0.1) is 0 Å². The van der Waals surface area contributed by atoms with E-state index in [0.717, 1.165) is 0 Å². The van der Waals surface area contributed by atoms with Gasteiger partial charge in [0.25, 0.3) is 0 Å². The second kappa shape index (κ2) is 4.40. The largest absolute Gasteiger partial charge is 0.257 e. The minimum absolute atomic E-state index is 0.532. The molecule has 0 fully saturated rings. The molecule has 3 aromatic heterocycles. The molecule has 0 aliphatic heterocycles. The summed E-state index contributed by atoms with van der Waals surface area (Å²) in [5.41, 5.74) is 0. The molecule has 0 N–H and O–H groups in total. The van der Waals surface area contributed by atoms with Gasteiger partial charge in [0, 0.05) is 0 Å². The second-order valence-corrected chi connectivity index (χ2v) is 4.31. The van der Waals surface area contributed by atoms with Crippen LogP contribution in [-0.2, 0) is 0 Å². The third kappa shape index (κ3) is 2.07. The summed E-state index contributed by atoms with van der Waals surface area (Å²) in [5.74, 6) is 1.09. The van der Waals surface area contributed by atoms with Crippen molar-refractivity contribution >= 4 is 23.2 Å². The minimum Gasteiger partial charge on any atom is -0.257 e. The van der Waals surface area contributed by atoms with Crippen molar-refractivity contribution in [1.82, 2.24) is 29.5 Å². The van der Waals surface area contributed by atoms with Gasteiger partial charge in [0.15, 0.2) is 11.6 Å². The third-order valence-corrected chi connectivity index (χ3v) is 2.57. The van der Waals surface area contributed by atoms with Gasteiger partial charge in [-0.2, -0.15) is 10.2 Å². The number of aromatic nitrogens is 6. The first-order valence-electron chi connectivity index (χ1n) is 4.95. The quantitative estimate of drug-likeness (QED) is 0.722. The highest BCUT2D eigenvalue weighted by molar-refractivity contribution is 6.30. The van der Waals surface area contributed by atoms with Gasteiger partial charge in [0.1, 0.15) is 0 Å². The summed E-state index contributed by atoms with van der Waals surface area (Å²) in [6.07, 6.45) is 9.51. The van der Waals surface area contributed by atoms with Gasteiger partial charge in [-0.05, 0) is 0 Å². The van der Waals surface area contributed by atoms with Gasteiger partial charge >= 0.3 is 0 Å². The first-order valence-corrected chi connectivity index (χ1v) is 5.71. The van der Waals surface area contributed by atoms with Crippen LogP contribution in [0.4, 0.5) is 0 Å². The van der Waals surface area contributed by atoms with Gasteiger partial charge in [-0.3, -0.25) is 4.98 Å². The molecule has 8 heteroatoms. The summed E-state index contributed by atoms with van der Waals surface area (Å²) >= 11 is 11.6. The molecule has 90 valence electrons. The first-order chi connectivity index (χ1) is 8.72. The van der Waals surface area contributed by atoms with Crippen LogP contribution in [0, 0.1) is 0 Å². The van der Waals surface area contributed by atoms with Crippen LogP contribution in [0.5, 0.6) is 0 Å². The standard InChI is InChI=1S/C10H6Cl2N6/c11-7-1-14-17(5-7)9-3-13-4-10(16-9)18-6-8(12)2-15-18/h1-6H. The molecule has 6 nitrogen and oxygen atoms in total. The average Bonchev–Trinajstić information content (AvgIpc) is 2.98. The lowest BCUT2D eigenvalue weighted by atomic mass is 10.6. The molecule has 0 spiro atoms. The van der Waals surface area contributed by atoms with E-state index in [0.29, 0.717) is 21.7 Å². The molecule has 0 radical (unpaired) electrons. The zero-order valence-corrected chi connectivity index (χ0v) is 10.4. The Bertz CT molecular complexity index is 634. The topological polar surface area (TPSA) is 61.4 Å². The lowest BCUT2D eigenvalue weighted by Gasteiger charge is -2.03. The fourth-order valence-electron chi connectivity index (χ4n) is 1.42. The number of nitrogens with zero attached hydrogens (tertiary/aromatic N) is 6. The predicted octanol–water partition coefficient (Wildman–Crippen LogP) is 2.15. The van der Waals surface area contributed by atoms with Crippen LogP contribution >= 0.6 is 23.2 Å². The Hall–Kier alpha value is -1.92. The normalized spacial score (nSPS) is 10.8. The van der Waals surface area contributed by atoms with Crippen molar-refractivity contribution in [3.05, 3.63) is 47.2 Å². The van der Waals surface area contributed by atoms with Crippen LogP contribution in [0.1, 0.15) is 0 Å². The van der Waals surface area contributed by atoms with E-state index in [4.69, 9.17) is 23.2 Å². The van der Waals surface area contributed by atoms with E-state index < -0.39 is 0 Å². The van der Waals surface area contributed by atoms with Gasteiger partial charge in [0.2, 0.25) is 0 Å². The highest BCUT2D eigenvalue weighted by Crippen LogP contribution is 2.12. The van der Waals surface area contributed by atoms with E-state index in [2.05, 4.69) is 20.2 Å². The predicted molar refractivity (Wildman–Crippen MR) is 66.3 cm³/mol. The molecular weight excluding hydrogens is 275 g/mol. The summed E-state index contributed by atoms with van der Waals surface area (Å²) in [6, 6.07) is 0. The molecule has 0 aliphatic carbocycles. The molecule has 3 heterocycles. The number of rotatable bonds is 2. The lowest BCUT2D eigenvalue weighted by molar-refractivity contribution is 0.791. The van der Waals surface area contributed by atoms with E-state index in [-0.39, 0.29) is 0 Å². The van der Waals surface area contributed by atoms with Crippen LogP contribution in [0.25, 0.3) is 11.6 Å². The van der Waals surface area contributed by atoms with Crippen molar-refractivity contribution < 1.29 is 0 Å². The summed E-state index contributed by atoms with van der Waals surface area (Å²) in [5, 5.41) is 9.17. The van der Waals surface area contributed by atoms with E-state index in [9.17, 15) is 0 Å². The van der Waals surface area contributed by atoms with Crippen molar-refractivity contribution in [2.24, 2.45) is 0 Å². The van der Waals surface area contributed by atoms with Gasteiger partial charge < -0.3 is 0 Å².